The molecule has 0 aromatic carbocycles. The van der Waals surface area contributed by atoms with Crippen LogP contribution in [0.1, 0.15) is 6.92 Å². The first-order chi connectivity index (χ1) is 8.74. The topological polar surface area (TPSA) is 28.6 Å². The number of halogens is 2. The van der Waals surface area contributed by atoms with E-state index in [4.69, 9.17) is 4.18 Å². The Bertz CT molecular complexity index is 402. The van der Waals surface area contributed by atoms with E-state index < -0.39 is 0 Å². The van der Waals surface area contributed by atoms with Crippen LogP contribution in [0.4, 0.5) is 9.70 Å². The van der Waals surface area contributed by atoms with Gasteiger partial charge in [0.25, 0.3) is 12.4 Å². The average Bonchev–Trinajstić information content (AvgIpc) is 2.41. The summed E-state index contributed by atoms with van der Waals surface area (Å²) in [6.45, 7) is 7.29. The fraction of sp³-hybridized carbons (Fsp3) is 0.545. The van der Waals surface area contributed by atoms with Crippen molar-refractivity contribution in [1.29, 1.82) is 0 Å². The van der Waals surface area contributed by atoms with Crippen LogP contribution in [0.25, 0.3) is 0 Å². The molecule has 1 fully saturated rings. The highest BCUT2D eigenvalue weighted by atomic mass is 79.9. The molecule has 100 valence electrons. The molecule has 0 aliphatic carbocycles. The fourth-order valence-corrected chi connectivity index (χ4v) is 2.68. The molecule has 0 atom stereocenters. The monoisotopic (exact) mass is 335 g/mol. The van der Waals surface area contributed by atoms with Crippen molar-refractivity contribution in [3.8, 4) is 5.75 Å². The molecule has 0 bridgehead atoms. The van der Waals surface area contributed by atoms with E-state index in [1.807, 2.05) is 6.07 Å². The predicted octanol–water partition coefficient (Wildman–Crippen LogP) is 2.90. The van der Waals surface area contributed by atoms with Gasteiger partial charge in [0.2, 0.25) is 0 Å². The van der Waals surface area contributed by atoms with Gasteiger partial charge in [-0.25, -0.2) is 4.98 Å². The number of rotatable bonds is 4. The predicted molar refractivity (Wildman–Crippen MR) is 75.6 cm³/mol. The summed E-state index contributed by atoms with van der Waals surface area (Å²) in [7, 11) is 0. The van der Waals surface area contributed by atoms with E-state index in [2.05, 4.69) is 37.6 Å². The zero-order valence-electron chi connectivity index (χ0n) is 10.1. The second-order valence-corrected chi connectivity index (χ2v) is 5.07. The summed E-state index contributed by atoms with van der Waals surface area (Å²) in [4.78, 5) is 9.02. The van der Waals surface area contributed by atoms with Gasteiger partial charge in [0, 0.05) is 26.2 Å². The van der Waals surface area contributed by atoms with Crippen molar-refractivity contribution in [3.63, 3.8) is 0 Å². The fourth-order valence-electron chi connectivity index (χ4n) is 1.98. The molecular formula is C11H15BrFN3OS. The van der Waals surface area contributed by atoms with Crippen LogP contribution >= 0.6 is 28.4 Å². The maximum Gasteiger partial charge on any atom is 0.272 e. The summed E-state index contributed by atoms with van der Waals surface area (Å²) >= 11 is 3.11. The van der Waals surface area contributed by atoms with Gasteiger partial charge in [-0.05, 0) is 34.6 Å². The van der Waals surface area contributed by atoms with Gasteiger partial charge >= 0.3 is 0 Å². The second-order valence-electron chi connectivity index (χ2n) is 4.03. The van der Waals surface area contributed by atoms with Crippen molar-refractivity contribution in [2.24, 2.45) is 0 Å². The van der Waals surface area contributed by atoms with Crippen LogP contribution in [0.3, 0.4) is 0 Å². The molecule has 0 unspecified atom stereocenters. The molecule has 1 aliphatic heterocycles. The minimum absolute atomic E-state index is 0.177. The lowest BCUT2D eigenvalue weighted by atomic mass is 10.3. The van der Waals surface area contributed by atoms with Gasteiger partial charge in [0.15, 0.2) is 10.4 Å². The summed E-state index contributed by atoms with van der Waals surface area (Å²) in [5.74, 6) is 1.30. The summed E-state index contributed by atoms with van der Waals surface area (Å²) in [5, 5.41) is 0. The van der Waals surface area contributed by atoms with Crippen molar-refractivity contribution in [2.45, 2.75) is 6.92 Å². The molecule has 1 saturated heterocycles. The first-order valence-corrected chi connectivity index (χ1v) is 7.27. The zero-order valence-corrected chi connectivity index (χ0v) is 12.5. The van der Waals surface area contributed by atoms with Gasteiger partial charge < -0.3 is 14.0 Å². The van der Waals surface area contributed by atoms with E-state index in [0.717, 1.165) is 38.5 Å². The number of likely N-dealkylation sites (N-methyl/N-ethyl adjacent to an activating group) is 1. The van der Waals surface area contributed by atoms with Gasteiger partial charge in [-0.2, -0.15) is 0 Å². The highest BCUT2D eigenvalue weighted by Gasteiger charge is 2.17. The van der Waals surface area contributed by atoms with Crippen LogP contribution in [-0.4, -0.2) is 42.6 Å². The Morgan fingerprint density at radius 2 is 2.11 bits per heavy atom. The van der Waals surface area contributed by atoms with E-state index in [0.29, 0.717) is 10.4 Å². The molecule has 0 N–H and O–H groups in total. The minimum Gasteiger partial charge on any atom is -0.394 e. The number of aromatic nitrogens is 1. The maximum atomic E-state index is 12.0. The number of anilines is 1. The number of hydrogen-bond donors (Lipinski definition) is 0. The Labute approximate surface area is 119 Å². The highest BCUT2D eigenvalue weighted by molar-refractivity contribution is 9.10. The smallest absolute Gasteiger partial charge is 0.272 e. The third kappa shape index (κ3) is 3.27. The van der Waals surface area contributed by atoms with E-state index in [9.17, 15) is 3.89 Å². The maximum absolute atomic E-state index is 12.0. The lowest BCUT2D eigenvalue weighted by Crippen LogP contribution is -2.46. The highest BCUT2D eigenvalue weighted by Crippen LogP contribution is 2.29. The molecule has 18 heavy (non-hydrogen) atoms. The average molecular weight is 336 g/mol. The molecule has 0 saturated carbocycles. The Hall–Kier alpha value is -0.530. The largest absolute Gasteiger partial charge is 0.394 e. The summed E-state index contributed by atoms with van der Waals surface area (Å²) in [6.07, 6.45) is 0. The van der Waals surface area contributed by atoms with Crippen molar-refractivity contribution in [2.75, 3.05) is 37.6 Å². The molecular weight excluding hydrogens is 321 g/mol. The molecule has 0 amide bonds. The molecule has 0 radical (unpaired) electrons. The number of nitrogens with zero attached hydrogens (tertiary/aromatic N) is 3. The van der Waals surface area contributed by atoms with Crippen LogP contribution in [0.5, 0.6) is 5.75 Å². The lowest BCUT2D eigenvalue weighted by molar-refractivity contribution is 0.270. The van der Waals surface area contributed by atoms with Crippen LogP contribution in [0.15, 0.2) is 16.7 Å². The van der Waals surface area contributed by atoms with Gasteiger partial charge in [0.05, 0.1) is 0 Å². The zero-order chi connectivity index (χ0) is 13.0. The number of hydrogen-bond acceptors (Lipinski definition) is 5. The molecule has 2 heterocycles. The van der Waals surface area contributed by atoms with Crippen LogP contribution in [0.2, 0.25) is 0 Å². The molecule has 1 aliphatic rings. The minimum atomic E-state index is -0.177. The van der Waals surface area contributed by atoms with E-state index in [1.165, 1.54) is 0 Å². The van der Waals surface area contributed by atoms with E-state index in [-0.39, 0.29) is 12.4 Å². The number of pyridine rings is 1. The third-order valence-corrected chi connectivity index (χ3v) is 3.88. The van der Waals surface area contributed by atoms with Crippen LogP contribution < -0.4 is 9.08 Å². The van der Waals surface area contributed by atoms with Gasteiger partial charge in [0.1, 0.15) is 5.82 Å². The Balaban J connectivity index is 2.03. The first-order valence-electron chi connectivity index (χ1n) is 5.83. The molecule has 7 heteroatoms. The lowest BCUT2D eigenvalue weighted by Gasteiger charge is -2.34. The van der Waals surface area contributed by atoms with Crippen molar-refractivity contribution in [3.05, 3.63) is 16.7 Å². The van der Waals surface area contributed by atoms with E-state index >= 15 is 0 Å². The molecule has 2 rings (SSSR count). The summed E-state index contributed by atoms with van der Waals surface area (Å²) < 4.78 is 17.3. The standard InChI is InChI=1S/C11H15BrFN3OS/c1-2-15-5-7-16(8-6-15)10-4-3-9(17-18-13)11(12)14-10/h3-4H,2,5-8H2,1H3. The molecule has 0 spiro atoms. The van der Waals surface area contributed by atoms with Crippen molar-refractivity contribution in [1.82, 2.24) is 9.88 Å². The quantitative estimate of drug-likeness (QED) is 0.623. The normalized spacial score (nSPS) is 16.9. The second kappa shape index (κ2) is 6.58. The van der Waals surface area contributed by atoms with Crippen molar-refractivity contribution < 1.29 is 8.07 Å². The summed E-state index contributed by atoms with van der Waals surface area (Å²) in [5.41, 5.74) is 0. The van der Waals surface area contributed by atoms with Crippen LogP contribution in [0, 0.1) is 0 Å². The van der Waals surface area contributed by atoms with Gasteiger partial charge in [-0.1, -0.05) is 6.92 Å². The van der Waals surface area contributed by atoms with Gasteiger partial charge in [-0.15, -0.1) is 3.89 Å². The Kier molecular flexibility index (Phi) is 5.08. The van der Waals surface area contributed by atoms with Crippen LogP contribution in [-0.2, 0) is 0 Å². The van der Waals surface area contributed by atoms with Crippen molar-refractivity contribution >= 4 is 34.2 Å². The molecule has 4 nitrogen and oxygen atoms in total. The SMILES string of the molecule is CCN1CCN(c2ccc(OSF)c(Br)n2)CC1. The number of piperazine rings is 1. The molecule has 1 aromatic heterocycles. The first kappa shape index (κ1) is 13.9. The molecule has 1 aromatic rings. The summed E-state index contributed by atoms with van der Waals surface area (Å²) in [6, 6.07) is 3.59. The Morgan fingerprint density at radius 3 is 2.67 bits per heavy atom. The Morgan fingerprint density at radius 1 is 1.39 bits per heavy atom. The van der Waals surface area contributed by atoms with E-state index in [1.54, 1.807) is 6.07 Å². The van der Waals surface area contributed by atoms with Gasteiger partial charge in [-0.3, -0.25) is 0 Å². The third-order valence-electron chi connectivity index (χ3n) is 3.06.